The third-order valence-corrected chi connectivity index (χ3v) is 3.90. The quantitative estimate of drug-likeness (QED) is 0.391. The maximum atomic E-state index is 9.70. The van der Waals surface area contributed by atoms with Crippen LogP contribution in [0.1, 0.15) is 5.69 Å². The average Bonchev–Trinajstić information content (AvgIpc) is 3.12. The third kappa shape index (κ3) is 2.71. The summed E-state index contributed by atoms with van der Waals surface area (Å²) in [5, 5.41) is 14.3. The largest absolute Gasteiger partial charge is 0.390 e. The van der Waals surface area contributed by atoms with Gasteiger partial charge in [-0.15, -0.1) is 0 Å². The molecule has 2 heterocycles. The Bertz CT molecular complexity index is 1030. The zero-order valence-electron chi connectivity index (χ0n) is 13.3. The minimum Gasteiger partial charge on any atom is -0.390 e. The zero-order chi connectivity index (χ0) is 17.2. The fraction of sp³-hybridized carbons (Fsp3) is 0.0556. The van der Waals surface area contributed by atoms with Gasteiger partial charge in [-0.25, -0.2) is 20.5 Å². The van der Waals surface area contributed by atoms with Crippen LogP contribution in [0.15, 0.2) is 60.7 Å². The number of nitrogens with zero attached hydrogens (tertiary/aromatic N) is 4. The van der Waals surface area contributed by atoms with Crippen LogP contribution < -0.4 is 11.3 Å². The van der Waals surface area contributed by atoms with Gasteiger partial charge in [-0.05, 0) is 30.3 Å². The number of benzene rings is 2. The topological polar surface area (TPSA) is 102 Å². The number of nitrogens with one attached hydrogen (secondary N) is 1. The predicted molar refractivity (Wildman–Crippen MR) is 95.8 cm³/mol. The molecule has 7 heteroatoms. The van der Waals surface area contributed by atoms with E-state index in [1.165, 1.54) is 0 Å². The first-order valence-electron chi connectivity index (χ1n) is 7.79. The SMILES string of the molecule is NNc1nc2ccccc2nc1-c1cc(CO)n(-c2ccccc2)n1. The van der Waals surface area contributed by atoms with Gasteiger partial charge in [-0.3, -0.25) is 0 Å². The lowest BCUT2D eigenvalue weighted by atomic mass is 10.2. The zero-order valence-corrected chi connectivity index (χ0v) is 13.3. The summed E-state index contributed by atoms with van der Waals surface area (Å²) in [4.78, 5) is 9.13. The molecular weight excluding hydrogens is 316 g/mol. The van der Waals surface area contributed by atoms with Gasteiger partial charge in [0.2, 0.25) is 0 Å². The number of aromatic nitrogens is 4. The van der Waals surface area contributed by atoms with Crippen molar-refractivity contribution in [1.29, 1.82) is 0 Å². The molecule has 0 spiro atoms. The summed E-state index contributed by atoms with van der Waals surface area (Å²) < 4.78 is 1.69. The average molecular weight is 332 g/mol. The summed E-state index contributed by atoms with van der Waals surface area (Å²) in [6.45, 7) is -0.145. The fourth-order valence-electron chi connectivity index (χ4n) is 2.72. The highest BCUT2D eigenvalue weighted by Gasteiger charge is 2.16. The number of aliphatic hydroxyl groups is 1. The van der Waals surface area contributed by atoms with Gasteiger partial charge in [0.1, 0.15) is 11.4 Å². The van der Waals surface area contributed by atoms with Crippen molar-refractivity contribution < 1.29 is 5.11 Å². The van der Waals surface area contributed by atoms with Crippen molar-refractivity contribution in [3.8, 4) is 17.1 Å². The van der Waals surface area contributed by atoms with Crippen molar-refractivity contribution in [2.45, 2.75) is 6.61 Å². The van der Waals surface area contributed by atoms with E-state index in [2.05, 4.69) is 20.5 Å². The number of rotatable bonds is 4. The molecule has 0 radical (unpaired) electrons. The molecule has 4 N–H and O–H groups in total. The molecule has 0 unspecified atom stereocenters. The van der Waals surface area contributed by atoms with Gasteiger partial charge in [0.15, 0.2) is 5.82 Å². The maximum absolute atomic E-state index is 9.70. The Morgan fingerprint density at radius 2 is 1.64 bits per heavy atom. The highest BCUT2D eigenvalue weighted by atomic mass is 16.3. The monoisotopic (exact) mass is 332 g/mol. The van der Waals surface area contributed by atoms with Gasteiger partial charge in [-0.1, -0.05) is 30.3 Å². The molecule has 0 bridgehead atoms. The number of aliphatic hydroxyl groups excluding tert-OH is 1. The molecule has 0 saturated heterocycles. The molecule has 124 valence electrons. The molecule has 0 aliphatic heterocycles. The smallest absolute Gasteiger partial charge is 0.169 e. The summed E-state index contributed by atoms with van der Waals surface area (Å²) in [5.41, 5.74) is 6.70. The summed E-state index contributed by atoms with van der Waals surface area (Å²) in [7, 11) is 0. The van der Waals surface area contributed by atoms with E-state index in [-0.39, 0.29) is 6.61 Å². The summed E-state index contributed by atoms with van der Waals surface area (Å²) in [6.07, 6.45) is 0. The lowest BCUT2D eigenvalue weighted by Crippen LogP contribution is -2.11. The first-order valence-corrected chi connectivity index (χ1v) is 7.79. The summed E-state index contributed by atoms with van der Waals surface area (Å²) in [6, 6.07) is 18.9. The van der Waals surface area contributed by atoms with Crippen LogP contribution in [-0.2, 0) is 6.61 Å². The number of hydrogen-bond donors (Lipinski definition) is 3. The molecule has 7 nitrogen and oxygen atoms in total. The number of anilines is 1. The number of para-hydroxylation sites is 3. The van der Waals surface area contributed by atoms with E-state index in [0.29, 0.717) is 22.9 Å². The van der Waals surface area contributed by atoms with Crippen LogP contribution in [0.2, 0.25) is 0 Å². The van der Waals surface area contributed by atoms with E-state index in [4.69, 9.17) is 5.84 Å². The molecule has 0 aliphatic rings. The second kappa shape index (κ2) is 6.31. The van der Waals surface area contributed by atoms with Crippen molar-refractivity contribution >= 4 is 16.9 Å². The van der Waals surface area contributed by atoms with Gasteiger partial charge in [0.25, 0.3) is 0 Å². The molecule has 4 aromatic rings. The van der Waals surface area contributed by atoms with Gasteiger partial charge >= 0.3 is 0 Å². The Labute approximate surface area is 143 Å². The molecule has 0 fully saturated rings. The Morgan fingerprint density at radius 1 is 0.960 bits per heavy atom. The van der Waals surface area contributed by atoms with Gasteiger partial charge < -0.3 is 10.5 Å². The fourth-order valence-corrected chi connectivity index (χ4v) is 2.72. The van der Waals surface area contributed by atoms with Crippen LogP contribution in [0.25, 0.3) is 28.1 Å². The van der Waals surface area contributed by atoms with E-state index in [9.17, 15) is 5.11 Å². The van der Waals surface area contributed by atoms with E-state index in [1.807, 2.05) is 54.6 Å². The van der Waals surface area contributed by atoms with Gasteiger partial charge in [0, 0.05) is 0 Å². The first kappa shape index (κ1) is 15.3. The first-order chi connectivity index (χ1) is 12.3. The minimum absolute atomic E-state index is 0.145. The predicted octanol–water partition coefficient (Wildman–Crippen LogP) is 2.26. The van der Waals surface area contributed by atoms with Gasteiger partial charge in [0.05, 0.1) is 29.0 Å². The van der Waals surface area contributed by atoms with Crippen molar-refractivity contribution in [2.24, 2.45) is 5.84 Å². The second-order valence-corrected chi connectivity index (χ2v) is 5.48. The Balaban J connectivity index is 1.90. The molecular formula is C18H16N6O. The van der Waals surface area contributed by atoms with Crippen LogP contribution in [0.3, 0.4) is 0 Å². The normalized spacial score (nSPS) is 11.0. The molecule has 0 saturated carbocycles. The van der Waals surface area contributed by atoms with E-state index in [0.717, 1.165) is 16.7 Å². The van der Waals surface area contributed by atoms with Crippen molar-refractivity contribution in [1.82, 2.24) is 19.7 Å². The Kier molecular flexibility index (Phi) is 3.85. The molecule has 0 amide bonds. The van der Waals surface area contributed by atoms with E-state index >= 15 is 0 Å². The highest BCUT2D eigenvalue weighted by molar-refractivity contribution is 5.82. The van der Waals surface area contributed by atoms with Crippen LogP contribution >= 0.6 is 0 Å². The molecule has 2 aromatic heterocycles. The number of hydrazine groups is 1. The van der Waals surface area contributed by atoms with E-state index in [1.54, 1.807) is 10.7 Å². The second-order valence-electron chi connectivity index (χ2n) is 5.48. The molecule has 0 aliphatic carbocycles. The highest BCUT2D eigenvalue weighted by Crippen LogP contribution is 2.27. The molecule has 0 atom stereocenters. The standard InChI is InChI=1S/C18H16N6O/c19-22-18-17(20-14-8-4-5-9-15(14)21-18)16-10-13(11-25)24(23-16)12-6-2-1-3-7-12/h1-10,25H,11,19H2,(H,21,22). The number of hydrogen-bond acceptors (Lipinski definition) is 6. The van der Waals surface area contributed by atoms with Crippen LogP contribution in [0, 0.1) is 0 Å². The van der Waals surface area contributed by atoms with Crippen molar-refractivity contribution in [3.05, 3.63) is 66.4 Å². The Hall–Kier alpha value is -3.29. The lowest BCUT2D eigenvalue weighted by Gasteiger charge is -2.07. The summed E-state index contributed by atoms with van der Waals surface area (Å²) in [5.74, 6) is 6.06. The number of nitrogen functional groups attached to an aromatic ring is 1. The summed E-state index contributed by atoms with van der Waals surface area (Å²) >= 11 is 0. The van der Waals surface area contributed by atoms with Crippen LogP contribution in [-0.4, -0.2) is 24.9 Å². The third-order valence-electron chi connectivity index (χ3n) is 3.90. The number of nitrogens with two attached hydrogens (primary N) is 1. The van der Waals surface area contributed by atoms with Gasteiger partial charge in [-0.2, -0.15) is 5.10 Å². The Morgan fingerprint density at radius 3 is 2.32 bits per heavy atom. The number of fused-ring (bicyclic) bond motifs is 1. The molecule has 2 aromatic carbocycles. The molecule has 4 rings (SSSR count). The maximum Gasteiger partial charge on any atom is 0.169 e. The van der Waals surface area contributed by atoms with Crippen molar-refractivity contribution in [3.63, 3.8) is 0 Å². The van der Waals surface area contributed by atoms with Crippen LogP contribution in [0.5, 0.6) is 0 Å². The minimum atomic E-state index is -0.145. The van der Waals surface area contributed by atoms with Crippen molar-refractivity contribution in [2.75, 3.05) is 5.43 Å². The van der Waals surface area contributed by atoms with Crippen LogP contribution in [0.4, 0.5) is 5.82 Å². The lowest BCUT2D eigenvalue weighted by molar-refractivity contribution is 0.273. The van der Waals surface area contributed by atoms with E-state index < -0.39 is 0 Å². The molecule has 25 heavy (non-hydrogen) atoms.